The molecule has 0 saturated carbocycles. The largest absolute Gasteiger partial charge is 0.619 e. The van der Waals surface area contributed by atoms with E-state index in [1.807, 2.05) is 44.4 Å². The molecule has 0 fully saturated rings. The molecule has 0 aliphatic rings. The topological polar surface area (TPSA) is 56.4 Å². The highest BCUT2D eigenvalue weighted by Crippen LogP contribution is 2.25. The molecule has 5 heteroatoms. The van der Waals surface area contributed by atoms with Crippen molar-refractivity contribution in [3.8, 4) is 5.75 Å². The molecule has 0 radical (unpaired) electrons. The predicted molar refractivity (Wildman–Crippen MR) is 88.0 cm³/mol. The van der Waals surface area contributed by atoms with Crippen LogP contribution in [0.2, 0.25) is 0 Å². The fourth-order valence-corrected chi connectivity index (χ4v) is 2.49. The van der Waals surface area contributed by atoms with Gasteiger partial charge in [-0.2, -0.15) is 4.73 Å². The lowest BCUT2D eigenvalue weighted by atomic mass is 9.97. The summed E-state index contributed by atoms with van der Waals surface area (Å²) in [6.45, 7) is 3.64. The third-order valence-corrected chi connectivity index (χ3v) is 4.29. The maximum Gasteiger partial charge on any atom is 0.195 e. The fraction of sp³-hybridized carbons (Fsp3) is 0.353. The van der Waals surface area contributed by atoms with Crippen LogP contribution in [0.3, 0.4) is 0 Å². The maximum absolute atomic E-state index is 11.7. The van der Waals surface area contributed by atoms with Crippen LogP contribution >= 0.6 is 11.8 Å². The van der Waals surface area contributed by atoms with E-state index in [0.29, 0.717) is 11.4 Å². The van der Waals surface area contributed by atoms with E-state index in [1.54, 1.807) is 30.0 Å². The van der Waals surface area contributed by atoms with Crippen LogP contribution in [0.1, 0.15) is 19.5 Å². The van der Waals surface area contributed by atoms with E-state index in [4.69, 9.17) is 4.74 Å². The number of aliphatic hydroxyl groups is 1. The summed E-state index contributed by atoms with van der Waals surface area (Å²) in [6.07, 6.45) is 2.88. The van der Waals surface area contributed by atoms with Crippen molar-refractivity contribution in [2.75, 3.05) is 6.26 Å². The van der Waals surface area contributed by atoms with Gasteiger partial charge in [0.25, 0.3) is 0 Å². The summed E-state index contributed by atoms with van der Waals surface area (Å²) in [7, 11) is 0. The quantitative estimate of drug-likeness (QED) is 0.505. The van der Waals surface area contributed by atoms with Crippen LogP contribution in [0.25, 0.3) is 0 Å². The Morgan fingerprint density at radius 1 is 1.23 bits per heavy atom. The molecular formula is C17H21NO3S. The fourth-order valence-electron chi connectivity index (χ4n) is 2.08. The zero-order valence-electron chi connectivity index (χ0n) is 13.0. The number of ether oxygens (including phenoxy) is 1. The second-order valence-electron chi connectivity index (χ2n) is 5.62. The van der Waals surface area contributed by atoms with Gasteiger partial charge >= 0.3 is 0 Å². The summed E-state index contributed by atoms with van der Waals surface area (Å²) < 4.78 is 6.68. The summed E-state index contributed by atoms with van der Waals surface area (Å²) in [4.78, 5) is 1.15. The van der Waals surface area contributed by atoms with Crippen LogP contribution in [0.15, 0.2) is 53.6 Å². The molecule has 4 nitrogen and oxygen atoms in total. The molecule has 0 saturated heterocycles. The molecule has 1 heterocycles. The third kappa shape index (κ3) is 4.15. The Labute approximate surface area is 135 Å². The summed E-state index contributed by atoms with van der Waals surface area (Å²) >= 11 is 1.66. The number of rotatable bonds is 6. The highest BCUT2D eigenvalue weighted by molar-refractivity contribution is 7.98. The van der Waals surface area contributed by atoms with Crippen molar-refractivity contribution < 1.29 is 14.6 Å². The summed E-state index contributed by atoms with van der Waals surface area (Å²) in [5.41, 5.74) is -0.284. The van der Waals surface area contributed by atoms with Crippen LogP contribution in [-0.2, 0) is 6.42 Å². The molecule has 22 heavy (non-hydrogen) atoms. The van der Waals surface area contributed by atoms with E-state index in [2.05, 4.69) is 0 Å². The second kappa shape index (κ2) is 7.03. The number of nitrogens with zero attached hydrogens (tertiary/aromatic N) is 1. The first-order valence-electron chi connectivity index (χ1n) is 7.10. The summed E-state index contributed by atoms with van der Waals surface area (Å²) in [6, 6.07) is 12.9. The number of aliphatic hydroxyl groups excluding tert-OH is 1. The molecule has 0 spiro atoms. The Morgan fingerprint density at radius 3 is 2.50 bits per heavy atom. The van der Waals surface area contributed by atoms with Crippen molar-refractivity contribution in [1.29, 1.82) is 0 Å². The number of aromatic nitrogens is 1. The maximum atomic E-state index is 11.7. The SMILES string of the molecule is CSc1ccc(OC(C)(C)C(O)Cc2cccc[n+]2[O-])cc1. The van der Waals surface area contributed by atoms with Crippen LogP contribution in [-0.4, -0.2) is 23.1 Å². The van der Waals surface area contributed by atoms with Gasteiger partial charge in [-0.15, -0.1) is 11.8 Å². The minimum atomic E-state index is -0.802. The van der Waals surface area contributed by atoms with Crippen LogP contribution < -0.4 is 9.47 Å². The zero-order valence-corrected chi connectivity index (χ0v) is 13.8. The molecule has 0 amide bonds. The van der Waals surface area contributed by atoms with Crippen LogP contribution in [0, 0.1) is 5.21 Å². The average Bonchev–Trinajstić information content (AvgIpc) is 2.50. The van der Waals surface area contributed by atoms with E-state index in [-0.39, 0.29) is 6.42 Å². The van der Waals surface area contributed by atoms with E-state index < -0.39 is 11.7 Å². The first kappa shape index (κ1) is 16.6. The number of pyridine rings is 1. The van der Waals surface area contributed by atoms with Crippen molar-refractivity contribution in [2.24, 2.45) is 0 Å². The summed E-state index contributed by atoms with van der Waals surface area (Å²) in [5, 5.41) is 22.1. The van der Waals surface area contributed by atoms with Gasteiger partial charge in [-0.1, -0.05) is 6.07 Å². The van der Waals surface area contributed by atoms with Gasteiger partial charge in [-0.3, -0.25) is 0 Å². The Bertz CT molecular complexity index is 614. The van der Waals surface area contributed by atoms with Crippen LogP contribution in [0.4, 0.5) is 0 Å². The predicted octanol–water partition coefficient (Wildman–Crippen LogP) is 2.80. The average molecular weight is 319 g/mol. The van der Waals surface area contributed by atoms with Crippen molar-refractivity contribution in [3.63, 3.8) is 0 Å². The first-order chi connectivity index (χ1) is 10.4. The number of hydrogen-bond acceptors (Lipinski definition) is 4. The van der Waals surface area contributed by atoms with Crippen molar-refractivity contribution in [1.82, 2.24) is 0 Å². The van der Waals surface area contributed by atoms with Crippen LogP contribution in [0.5, 0.6) is 5.75 Å². The van der Waals surface area contributed by atoms with Gasteiger partial charge in [-0.25, -0.2) is 0 Å². The Kier molecular flexibility index (Phi) is 5.32. The normalized spacial score (nSPS) is 12.9. The van der Waals surface area contributed by atoms with Gasteiger partial charge < -0.3 is 15.1 Å². The lowest BCUT2D eigenvalue weighted by Gasteiger charge is -2.31. The van der Waals surface area contributed by atoms with E-state index in [1.165, 1.54) is 6.20 Å². The molecule has 1 aromatic carbocycles. The first-order valence-corrected chi connectivity index (χ1v) is 8.33. The Balaban J connectivity index is 2.06. The van der Waals surface area contributed by atoms with Gasteiger partial charge in [0.15, 0.2) is 11.9 Å². The molecule has 0 aliphatic heterocycles. The smallest absolute Gasteiger partial charge is 0.195 e. The van der Waals surface area contributed by atoms with Crippen molar-refractivity contribution in [2.45, 2.75) is 36.9 Å². The molecular weight excluding hydrogens is 298 g/mol. The van der Waals surface area contributed by atoms with Gasteiger partial charge in [0, 0.05) is 17.0 Å². The molecule has 1 N–H and O–H groups in total. The van der Waals surface area contributed by atoms with E-state index >= 15 is 0 Å². The molecule has 0 bridgehead atoms. The molecule has 1 unspecified atom stereocenters. The number of hydrogen-bond donors (Lipinski definition) is 1. The van der Waals surface area contributed by atoms with Gasteiger partial charge in [0.05, 0.1) is 6.42 Å². The minimum Gasteiger partial charge on any atom is -0.619 e. The third-order valence-electron chi connectivity index (χ3n) is 3.55. The second-order valence-corrected chi connectivity index (χ2v) is 6.50. The molecule has 0 aliphatic carbocycles. The zero-order chi connectivity index (χ0) is 16.2. The monoisotopic (exact) mass is 319 g/mol. The molecule has 2 rings (SSSR count). The van der Waals surface area contributed by atoms with E-state index in [9.17, 15) is 10.3 Å². The van der Waals surface area contributed by atoms with Gasteiger partial charge in [0.2, 0.25) is 0 Å². The highest BCUT2D eigenvalue weighted by atomic mass is 32.2. The van der Waals surface area contributed by atoms with Crippen molar-refractivity contribution in [3.05, 3.63) is 59.6 Å². The standard InChI is InChI=1S/C17H21NO3S/c1-17(2,21-14-7-9-15(22-3)10-8-14)16(19)12-13-6-4-5-11-18(13)20/h4-11,16,19H,12H2,1-3H3. The summed E-state index contributed by atoms with van der Waals surface area (Å²) in [5.74, 6) is 0.699. The molecule has 2 aromatic rings. The molecule has 1 atom stereocenters. The van der Waals surface area contributed by atoms with Gasteiger partial charge in [-0.05, 0) is 44.4 Å². The lowest BCUT2D eigenvalue weighted by molar-refractivity contribution is -0.614. The van der Waals surface area contributed by atoms with Crippen molar-refractivity contribution >= 4 is 11.8 Å². The number of benzene rings is 1. The Morgan fingerprint density at radius 2 is 1.91 bits per heavy atom. The molecule has 118 valence electrons. The Hall–Kier alpha value is -1.72. The van der Waals surface area contributed by atoms with Gasteiger partial charge in [0.1, 0.15) is 17.5 Å². The minimum absolute atomic E-state index is 0.236. The molecule has 1 aromatic heterocycles. The number of thioether (sulfide) groups is 1. The highest BCUT2D eigenvalue weighted by Gasteiger charge is 2.32. The van der Waals surface area contributed by atoms with E-state index in [0.717, 1.165) is 9.63 Å². The lowest BCUT2D eigenvalue weighted by Crippen LogP contribution is -2.45.